The van der Waals surface area contributed by atoms with Crippen molar-refractivity contribution in [2.45, 2.75) is 70.3 Å². The van der Waals surface area contributed by atoms with Gasteiger partial charge in [0.25, 0.3) is 0 Å². The molecule has 3 N–H and O–H groups in total. The number of aliphatic hydroxyl groups is 1. The van der Waals surface area contributed by atoms with E-state index in [1.807, 2.05) is 44.2 Å². The molecule has 3 aromatic rings. The molecule has 3 atom stereocenters. The van der Waals surface area contributed by atoms with Gasteiger partial charge in [-0.25, -0.2) is 13.2 Å². The van der Waals surface area contributed by atoms with Crippen LogP contribution in [0.3, 0.4) is 0 Å². The molecule has 0 bridgehead atoms. The Morgan fingerprint density at radius 2 is 1.57 bits per heavy atom. The topological polar surface area (TPSA) is 170 Å². The lowest BCUT2D eigenvalue weighted by atomic mass is 9.97. The average molecular weight is 654 g/mol. The van der Waals surface area contributed by atoms with Crippen LogP contribution in [0.15, 0.2) is 89.1 Å². The predicted octanol–water partition coefficient (Wildman–Crippen LogP) is 4.29. The normalized spacial score (nSPS) is 13.7. The zero-order valence-corrected chi connectivity index (χ0v) is 27.4. The van der Waals surface area contributed by atoms with Crippen molar-refractivity contribution in [3.8, 4) is 0 Å². The third-order valence-electron chi connectivity index (χ3n) is 7.40. The molecule has 1 aromatic heterocycles. The first-order chi connectivity index (χ1) is 21.8. The summed E-state index contributed by atoms with van der Waals surface area (Å²) in [6, 6.07) is 18.0. The molecule has 0 aliphatic rings. The van der Waals surface area contributed by atoms with Gasteiger partial charge in [-0.05, 0) is 53.6 Å². The van der Waals surface area contributed by atoms with Gasteiger partial charge in [0.1, 0.15) is 12.6 Å². The monoisotopic (exact) mass is 653 g/mol. The number of hydrogen-bond donors (Lipinski definition) is 3. The molecule has 12 nitrogen and oxygen atoms in total. The van der Waals surface area contributed by atoms with Gasteiger partial charge in [0.2, 0.25) is 15.9 Å². The maximum Gasteiger partial charge on any atom is 0.408 e. The number of pyridine rings is 1. The number of amides is 2. The standard InChI is InChI=1S/C33H43N5O7S/c1-23(2)20-37(46(44,45)28-15-13-26(14-16-28)19-35-43)22-30(39)29(18-25-10-6-5-7-11-25)36-32(40)31(24(3)4)38(33(41)42)21-27-12-8-9-17-34-27/h5-17,23-24,29-31,39H,18-22H2,1-4H3,(H,36,40)(H,41,42)/t29-,30+,31+/m0/s1. The van der Waals surface area contributed by atoms with Crippen LogP contribution in [-0.4, -0.2) is 76.1 Å². The number of sulfonamides is 1. The minimum Gasteiger partial charge on any atom is -0.465 e. The molecule has 0 aliphatic carbocycles. The molecule has 0 saturated carbocycles. The second-order valence-electron chi connectivity index (χ2n) is 11.9. The fraction of sp³-hybridized carbons (Fsp3) is 0.424. The molecule has 1 heterocycles. The SMILES string of the molecule is CC(C)CN(C[C@@H](O)[C@H](Cc1ccccc1)NC(=O)[C@@H](C(C)C)N(Cc1ccccn1)C(=O)O)S(=O)(=O)c1ccc(CN=O)cc1. The van der Waals surface area contributed by atoms with E-state index in [1.165, 1.54) is 28.6 Å². The Bertz CT molecular complexity index is 1520. The molecular weight excluding hydrogens is 610 g/mol. The van der Waals surface area contributed by atoms with E-state index in [2.05, 4.69) is 15.5 Å². The van der Waals surface area contributed by atoms with Crippen LogP contribution in [0.5, 0.6) is 0 Å². The number of aromatic nitrogens is 1. The van der Waals surface area contributed by atoms with Crippen LogP contribution in [-0.2, 0) is 34.3 Å². The Balaban J connectivity index is 1.93. The molecule has 3 rings (SSSR count). The molecule has 0 aliphatic heterocycles. The molecule has 0 saturated heterocycles. The van der Waals surface area contributed by atoms with E-state index in [4.69, 9.17) is 0 Å². The zero-order chi connectivity index (χ0) is 33.9. The molecule has 0 fully saturated rings. The van der Waals surface area contributed by atoms with E-state index in [-0.39, 0.29) is 43.4 Å². The summed E-state index contributed by atoms with van der Waals surface area (Å²) in [7, 11) is -4.09. The number of benzene rings is 2. The second kappa shape index (κ2) is 16.9. The maximum absolute atomic E-state index is 13.9. The van der Waals surface area contributed by atoms with E-state index in [0.717, 1.165) is 10.5 Å². The lowest BCUT2D eigenvalue weighted by molar-refractivity contribution is -0.129. The number of nitrogens with zero attached hydrogens (tertiary/aromatic N) is 4. The van der Waals surface area contributed by atoms with Gasteiger partial charge in [0, 0.05) is 19.3 Å². The molecule has 0 radical (unpaired) electrons. The molecule has 0 unspecified atom stereocenters. The van der Waals surface area contributed by atoms with Gasteiger partial charge in [-0.1, -0.05) is 81.4 Å². The first-order valence-electron chi connectivity index (χ1n) is 15.1. The van der Waals surface area contributed by atoms with Crippen molar-refractivity contribution in [1.29, 1.82) is 0 Å². The number of nitroso groups, excluding NO2 is 1. The second-order valence-corrected chi connectivity index (χ2v) is 13.9. The fourth-order valence-electron chi connectivity index (χ4n) is 5.18. The summed E-state index contributed by atoms with van der Waals surface area (Å²) in [5.41, 5.74) is 1.82. The van der Waals surface area contributed by atoms with Gasteiger partial charge >= 0.3 is 6.09 Å². The summed E-state index contributed by atoms with van der Waals surface area (Å²) in [5, 5.41) is 27.4. The minimum absolute atomic E-state index is 0.00913. The van der Waals surface area contributed by atoms with E-state index in [1.54, 1.807) is 38.2 Å². The minimum atomic E-state index is -4.09. The van der Waals surface area contributed by atoms with Crippen molar-refractivity contribution in [2.75, 3.05) is 13.1 Å². The molecule has 0 spiro atoms. The van der Waals surface area contributed by atoms with E-state index < -0.39 is 46.1 Å². The highest BCUT2D eigenvalue weighted by Crippen LogP contribution is 2.21. The van der Waals surface area contributed by atoms with E-state index in [9.17, 15) is 33.1 Å². The highest BCUT2D eigenvalue weighted by Gasteiger charge is 2.36. The van der Waals surface area contributed by atoms with Gasteiger partial charge < -0.3 is 15.5 Å². The van der Waals surface area contributed by atoms with E-state index >= 15 is 0 Å². The molecule has 13 heteroatoms. The fourth-order valence-corrected chi connectivity index (χ4v) is 6.80. The Labute approximate surface area is 270 Å². The summed E-state index contributed by atoms with van der Waals surface area (Å²) in [6.45, 7) is 6.71. The number of carbonyl (C=O) groups excluding carboxylic acids is 1. The number of nitrogens with one attached hydrogen (secondary N) is 1. The maximum atomic E-state index is 13.9. The lowest BCUT2D eigenvalue weighted by Crippen LogP contribution is -2.57. The predicted molar refractivity (Wildman–Crippen MR) is 174 cm³/mol. The molecule has 2 amide bonds. The lowest BCUT2D eigenvalue weighted by Gasteiger charge is -2.34. The van der Waals surface area contributed by atoms with Crippen molar-refractivity contribution in [3.63, 3.8) is 0 Å². The Morgan fingerprint density at radius 3 is 2.11 bits per heavy atom. The van der Waals surface area contributed by atoms with Crippen LogP contribution in [0.1, 0.15) is 44.5 Å². The van der Waals surface area contributed by atoms with Gasteiger partial charge in [0.05, 0.1) is 29.3 Å². The van der Waals surface area contributed by atoms with Gasteiger partial charge in [0.15, 0.2) is 0 Å². The van der Waals surface area contributed by atoms with Crippen LogP contribution in [0.2, 0.25) is 0 Å². The number of rotatable bonds is 17. The van der Waals surface area contributed by atoms with Gasteiger partial charge in [-0.2, -0.15) is 9.21 Å². The quantitative estimate of drug-likeness (QED) is 0.181. The smallest absolute Gasteiger partial charge is 0.408 e. The van der Waals surface area contributed by atoms with Crippen molar-refractivity contribution in [3.05, 3.63) is 101 Å². The summed E-state index contributed by atoms with van der Waals surface area (Å²) in [4.78, 5) is 42.1. The highest BCUT2D eigenvalue weighted by molar-refractivity contribution is 7.89. The summed E-state index contributed by atoms with van der Waals surface area (Å²) in [6.07, 6.45) is -0.962. The Hall–Kier alpha value is -4.20. The van der Waals surface area contributed by atoms with E-state index in [0.29, 0.717) is 11.3 Å². The zero-order valence-electron chi connectivity index (χ0n) is 26.6. The largest absolute Gasteiger partial charge is 0.465 e. The van der Waals surface area contributed by atoms with Gasteiger partial charge in [-0.15, -0.1) is 0 Å². The molecule has 2 aromatic carbocycles. The third-order valence-corrected chi connectivity index (χ3v) is 9.24. The van der Waals surface area contributed by atoms with Crippen LogP contribution in [0, 0.1) is 16.7 Å². The highest BCUT2D eigenvalue weighted by atomic mass is 32.2. The first-order valence-corrected chi connectivity index (χ1v) is 16.6. The van der Waals surface area contributed by atoms with Crippen LogP contribution < -0.4 is 5.32 Å². The molecule has 46 heavy (non-hydrogen) atoms. The number of aliphatic hydroxyl groups excluding tert-OH is 1. The number of hydrogen-bond acceptors (Lipinski definition) is 8. The first kappa shape index (κ1) is 36.3. The van der Waals surface area contributed by atoms with Crippen LogP contribution in [0.4, 0.5) is 4.79 Å². The third kappa shape index (κ3) is 10.2. The van der Waals surface area contributed by atoms with Crippen LogP contribution >= 0.6 is 0 Å². The van der Waals surface area contributed by atoms with Crippen molar-refractivity contribution in [2.24, 2.45) is 17.0 Å². The summed E-state index contributed by atoms with van der Waals surface area (Å²) >= 11 is 0. The summed E-state index contributed by atoms with van der Waals surface area (Å²) < 4.78 is 28.7. The molecular formula is C33H43N5O7S. The van der Waals surface area contributed by atoms with Crippen LogP contribution in [0.25, 0.3) is 0 Å². The Kier molecular flexibility index (Phi) is 13.3. The number of carbonyl (C=O) groups is 2. The van der Waals surface area contributed by atoms with Gasteiger partial charge in [-0.3, -0.25) is 14.7 Å². The van der Waals surface area contributed by atoms with Crippen molar-refractivity contribution >= 4 is 22.0 Å². The Morgan fingerprint density at radius 1 is 0.913 bits per heavy atom. The van der Waals surface area contributed by atoms with Crippen molar-refractivity contribution < 1.29 is 28.2 Å². The van der Waals surface area contributed by atoms with Crippen molar-refractivity contribution in [1.82, 2.24) is 19.5 Å². The average Bonchev–Trinajstić information content (AvgIpc) is 3.01. The molecule has 248 valence electrons. The number of carboxylic acid groups (broad SMARTS) is 1. The summed E-state index contributed by atoms with van der Waals surface area (Å²) in [5.74, 6) is -1.15.